The van der Waals surface area contributed by atoms with E-state index in [9.17, 15) is 13.2 Å². The number of nitrogens with one attached hydrogen (secondary N) is 1. The third-order valence-corrected chi connectivity index (χ3v) is 5.34. The van der Waals surface area contributed by atoms with E-state index in [0.717, 1.165) is 12.8 Å². The molecule has 134 valence electrons. The molecule has 1 heterocycles. The number of hydrogen-bond acceptors (Lipinski definition) is 5. The smallest absolute Gasteiger partial charge is 0.257 e. The summed E-state index contributed by atoms with van der Waals surface area (Å²) < 4.78 is 34.9. The maximum Gasteiger partial charge on any atom is 0.257 e. The first-order chi connectivity index (χ1) is 11.4. The SMILES string of the molecule is COc1cccc(OCC(=O)NCC2CCN(S(C)(=O)=O)CC2)c1. The summed E-state index contributed by atoms with van der Waals surface area (Å²) in [6.07, 6.45) is 2.74. The Hall–Kier alpha value is -1.80. The molecule has 0 radical (unpaired) electrons. The second-order valence-electron chi connectivity index (χ2n) is 5.88. The topological polar surface area (TPSA) is 84.9 Å². The van der Waals surface area contributed by atoms with Crippen LogP contribution in [0, 0.1) is 5.92 Å². The van der Waals surface area contributed by atoms with Gasteiger partial charge >= 0.3 is 0 Å². The molecule has 0 unspecified atom stereocenters. The summed E-state index contributed by atoms with van der Waals surface area (Å²) in [5, 5.41) is 2.84. The van der Waals surface area contributed by atoms with E-state index in [1.165, 1.54) is 10.6 Å². The summed E-state index contributed by atoms with van der Waals surface area (Å²) in [6.45, 7) is 1.51. The first-order valence-electron chi connectivity index (χ1n) is 7.87. The van der Waals surface area contributed by atoms with Crippen LogP contribution in [-0.2, 0) is 14.8 Å². The van der Waals surface area contributed by atoms with Crippen LogP contribution in [0.3, 0.4) is 0 Å². The van der Waals surface area contributed by atoms with Crippen LogP contribution in [0.5, 0.6) is 11.5 Å². The first kappa shape index (κ1) is 18.5. The zero-order valence-corrected chi connectivity index (χ0v) is 14.8. The Labute approximate surface area is 143 Å². The van der Waals surface area contributed by atoms with Gasteiger partial charge in [-0.1, -0.05) is 6.07 Å². The number of hydrogen-bond donors (Lipinski definition) is 1. The van der Waals surface area contributed by atoms with Gasteiger partial charge in [0.25, 0.3) is 5.91 Å². The minimum Gasteiger partial charge on any atom is -0.497 e. The number of piperidine rings is 1. The van der Waals surface area contributed by atoms with Crippen molar-refractivity contribution in [2.45, 2.75) is 12.8 Å². The number of amides is 1. The first-order valence-corrected chi connectivity index (χ1v) is 9.72. The highest BCUT2D eigenvalue weighted by Crippen LogP contribution is 2.19. The van der Waals surface area contributed by atoms with E-state index in [1.54, 1.807) is 31.4 Å². The van der Waals surface area contributed by atoms with Crippen molar-refractivity contribution in [1.82, 2.24) is 9.62 Å². The van der Waals surface area contributed by atoms with Crippen LogP contribution in [0.2, 0.25) is 0 Å². The van der Waals surface area contributed by atoms with Gasteiger partial charge in [-0.25, -0.2) is 12.7 Å². The summed E-state index contributed by atoms with van der Waals surface area (Å²) in [5.41, 5.74) is 0. The molecule has 8 heteroatoms. The van der Waals surface area contributed by atoms with Crippen molar-refractivity contribution in [3.05, 3.63) is 24.3 Å². The quantitative estimate of drug-likeness (QED) is 0.783. The van der Waals surface area contributed by atoms with E-state index >= 15 is 0 Å². The van der Waals surface area contributed by atoms with E-state index in [2.05, 4.69) is 5.32 Å². The van der Waals surface area contributed by atoms with Gasteiger partial charge in [-0.3, -0.25) is 4.79 Å². The van der Waals surface area contributed by atoms with Crippen molar-refractivity contribution in [2.75, 3.05) is 39.6 Å². The number of carbonyl (C=O) groups is 1. The third-order valence-electron chi connectivity index (χ3n) is 4.04. The van der Waals surface area contributed by atoms with E-state index in [0.29, 0.717) is 37.1 Å². The predicted octanol–water partition coefficient (Wildman–Crippen LogP) is 0.862. The fourth-order valence-electron chi connectivity index (χ4n) is 2.59. The molecule has 0 spiro atoms. The van der Waals surface area contributed by atoms with Gasteiger partial charge in [-0.15, -0.1) is 0 Å². The van der Waals surface area contributed by atoms with Crippen molar-refractivity contribution < 1.29 is 22.7 Å². The van der Waals surface area contributed by atoms with Crippen molar-refractivity contribution in [2.24, 2.45) is 5.92 Å². The lowest BCUT2D eigenvalue weighted by Crippen LogP contribution is -2.41. The molecule has 1 amide bonds. The van der Waals surface area contributed by atoms with Gasteiger partial charge in [-0.2, -0.15) is 0 Å². The predicted molar refractivity (Wildman–Crippen MR) is 90.6 cm³/mol. The normalized spacial score (nSPS) is 16.6. The zero-order valence-electron chi connectivity index (χ0n) is 14.0. The molecule has 1 fully saturated rings. The molecule has 1 saturated heterocycles. The summed E-state index contributed by atoms with van der Waals surface area (Å²) in [7, 11) is -1.54. The standard InChI is InChI=1S/C16H24N2O5S/c1-22-14-4-3-5-15(10-14)23-12-16(19)17-11-13-6-8-18(9-7-13)24(2,20)21/h3-5,10,13H,6-9,11-12H2,1-2H3,(H,17,19). The van der Waals surface area contributed by atoms with Gasteiger partial charge in [0.15, 0.2) is 6.61 Å². The Kier molecular flexibility index (Phi) is 6.44. The van der Waals surface area contributed by atoms with Crippen LogP contribution in [0.1, 0.15) is 12.8 Å². The van der Waals surface area contributed by atoms with Crippen molar-refractivity contribution in [3.8, 4) is 11.5 Å². The maximum atomic E-state index is 11.9. The van der Waals surface area contributed by atoms with Gasteiger partial charge in [0.2, 0.25) is 10.0 Å². The van der Waals surface area contributed by atoms with Gasteiger partial charge < -0.3 is 14.8 Å². The molecule has 0 aromatic heterocycles. The molecule has 0 aliphatic carbocycles. The second-order valence-corrected chi connectivity index (χ2v) is 7.86. The fourth-order valence-corrected chi connectivity index (χ4v) is 3.47. The number of ether oxygens (including phenoxy) is 2. The van der Waals surface area contributed by atoms with E-state index in [1.807, 2.05) is 0 Å². The number of carbonyl (C=O) groups excluding carboxylic acids is 1. The number of sulfonamides is 1. The molecule has 1 aliphatic rings. The Bertz CT molecular complexity index is 654. The molecule has 1 N–H and O–H groups in total. The average molecular weight is 356 g/mol. The molecule has 1 aromatic rings. The minimum atomic E-state index is -3.11. The lowest BCUT2D eigenvalue weighted by atomic mass is 9.98. The van der Waals surface area contributed by atoms with Crippen LogP contribution in [-0.4, -0.2) is 58.2 Å². The molecule has 0 bridgehead atoms. The lowest BCUT2D eigenvalue weighted by molar-refractivity contribution is -0.123. The van der Waals surface area contributed by atoms with Gasteiger partial charge in [0.1, 0.15) is 11.5 Å². The fraction of sp³-hybridized carbons (Fsp3) is 0.562. The van der Waals surface area contributed by atoms with E-state index < -0.39 is 10.0 Å². The number of methoxy groups -OCH3 is 1. The van der Waals surface area contributed by atoms with Crippen molar-refractivity contribution >= 4 is 15.9 Å². The largest absolute Gasteiger partial charge is 0.497 e. The van der Waals surface area contributed by atoms with Crippen molar-refractivity contribution in [1.29, 1.82) is 0 Å². The van der Waals surface area contributed by atoms with Crippen LogP contribution in [0.25, 0.3) is 0 Å². The molecular weight excluding hydrogens is 332 g/mol. The van der Waals surface area contributed by atoms with Crippen LogP contribution in [0.15, 0.2) is 24.3 Å². The van der Waals surface area contributed by atoms with E-state index in [-0.39, 0.29) is 12.5 Å². The third kappa shape index (κ3) is 5.68. The molecule has 7 nitrogen and oxygen atoms in total. The molecule has 1 aromatic carbocycles. The van der Waals surface area contributed by atoms with Crippen LogP contribution >= 0.6 is 0 Å². The maximum absolute atomic E-state index is 11.9. The Morgan fingerprint density at radius 2 is 1.96 bits per heavy atom. The number of nitrogens with zero attached hydrogens (tertiary/aromatic N) is 1. The highest BCUT2D eigenvalue weighted by Gasteiger charge is 2.24. The molecule has 2 rings (SSSR count). The lowest BCUT2D eigenvalue weighted by Gasteiger charge is -2.30. The van der Waals surface area contributed by atoms with Crippen LogP contribution < -0.4 is 14.8 Å². The monoisotopic (exact) mass is 356 g/mol. The highest BCUT2D eigenvalue weighted by atomic mass is 32.2. The van der Waals surface area contributed by atoms with Crippen molar-refractivity contribution in [3.63, 3.8) is 0 Å². The Balaban J connectivity index is 1.68. The molecular formula is C16H24N2O5S. The Morgan fingerprint density at radius 3 is 2.58 bits per heavy atom. The number of rotatable bonds is 7. The van der Waals surface area contributed by atoms with Gasteiger partial charge in [0, 0.05) is 25.7 Å². The average Bonchev–Trinajstić information content (AvgIpc) is 2.58. The highest BCUT2D eigenvalue weighted by molar-refractivity contribution is 7.88. The minimum absolute atomic E-state index is 0.0602. The summed E-state index contributed by atoms with van der Waals surface area (Å²) >= 11 is 0. The zero-order chi connectivity index (χ0) is 17.6. The molecule has 24 heavy (non-hydrogen) atoms. The number of benzene rings is 1. The van der Waals surface area contributed by atoms with Gasteiger partial charge in [0.05, 0.1) is 13.4 Å². The Morgan fingerprint density at radius 1 is 1.29 bits per heavy atom. The molecule has 1 aliphatic heterocycles. The van der Waals surface area contributed by atoms with Crippen LogP contribution in [0.4, 0.5) is 0 Å². The second kappa shape index (κ2) is 8.34. The van der Waals surface area contributed by atoms with Gasteiger partial charge in [-0.05, 0) is 30.9 Å². The molecule has 0 atom stereocenters. The molecule has 0 saturated carbocycles. The summed E-state index contributed by atoms with van der Waals surface area (Å²) in [6, 6.07) is 7.07. The summed E-state index contributed by atoms with van der Waals surface area (Å²) in [5.74, 6) is 1.35. The summed E-state index contributed by atoms with van der Waals surface area (Å²) in [4.78, 5) is 11.9. The van der Waals surface area contributed by atoms with E-state index in [4.69, 9.17) is 9.47 Å².